The van der Waals surface area contributed by atoms with Crippen LogP contribution >= 0.6 is 0 Å². The van der Waals surface area contributed by atoms with E-state index < -0.39 is 11.7 Å². The summed E-state index contributed by atoms with van der Waals surface area (Å²) in [5, 5.41) is 15.7. The lowest BCUT2D eigenvalue weighted by molar-refractivity contribution is -0.126. The number of hydrogen-bond donors (Lipinski definition) is 4. The van der Waals surface area contributed by atoms with Crippen LogP contribution in [0.4, 0.5) is 10.2 Å². The van der Waals surface area contributed by atoms with Gasteiger partial charge in [0.15, 0.2) is 5.83 Å². The molecule has 0 spiro atoms. The Balaban J connectivity index is 1.74. The van der Waals surface area contributed by atoms with Gasteiger partial charge in [-0.3, -0.25) is 10.0 Å². The highest BCUT2D eigenvalue weighted by Gasteiger charge is 2.40. The number of carbonyl (C=O) groups is 1. The molecule has 3 rings (SSSR count). The van der Waals surface area contributed by atoms with Crippen LogP contribution in [-0.4, -0.2) is 34.7 Å². The number of hydrogen-bond acceptors (Lipinski definition) is 5. The Kier molecular flexibility index (Phi) is 6.21. The molecule has 7 heteroatoms. The predicted octanol–water partition coefficient (Wildman–Crippen LogP) is 3.01. The van der Waals surface area contributed by atoms with Crippen LogP contribution in [0, 0.1) is 5.92 Å². The molecule has 1 aliphatic carbocycles. The molecule has 26 heavy (non-hydrogen) atoms. The van der Waals surface area contributed by atoms with Crippen LogP contribution in [0.3, 0.4) is 0 Å². The van der Waals surface area contributed by atoms with Gasteiger partial charge in [-0.25, -0.2) is 14.9 Å². The van der Waals surface area contributed by atoms with Crippen LogP contribution < -0.4 is 16.1 Å². The first-order valence-corrected chi connectivity index (χ1v) is 9.39. The SMILES string of the molecule is O=C(NO)/C(F)=C/c1ccc(N[C@@]2(C3CCCCC3)CCCNC2)nc1. The third-order valence-electron chi connectivity index (χ3n) is 5.58. The number of amides is 1. The number of nitrogens with one attached hydrogen (secondary N) is 3. The molecule has 0 bridgehead atoms. The summed E-state index contributed by atoms with van der Waals surface area (Å²) >= 11 is 0. The molecule has 1 atom stereocenters. The summed E-state index contributed by atoms with van der Waals surface area (Å²) in [6.07, 6.45) is 11.2. The lowest BCUT2D eigenvalue weighted by Gasteiger charge is -2.46. The standard InChI is InChI=1S/C19H27FN4O2/c20-16(18(25)24-26)11-14-7-8-17(22-12-14)23-19(9-4-10-21-13-19)15-5-2-1-3-6-15/h7-8,11-12,15,21,26H,1-6,9-10,13H2,(H,22,23)(H,24,25)/b16-11-/t19-/m0/s1. The predicted molar refractivity (Wildman–Crippen MR) is 98.3 cm³/mol. The highest BCUT2D eigenvalue weighted by molar-refractivity contribution is 5.94. The smallest absolute Gasteiger partial charge is 0.303 e. The van der Waals surface area contributed by atoms with E-state index in [0.717, 1.165) is 37.8 Å². The van der Waals surface area contributed by atoms with Crippen molar-refractivity contribution in [2.75, 3.05) is 18.4 Å². The molecule has 6 nitrogen and oxygen atoms in total. The second-order valence-corrected chi connectivity index (χ2v) is 7.31. The van der Waals surface area contributed by atoms with Gasteiger partial charge in [0, 0.05) is 12.7 Å². The van der Waals surface area contributed by atoms with Crippen molar-refractivity contribution in [1.82, 2.24) is 15.8 Å². The number of rotatable bonds is 5. The van der Waals surface area contributed by atoms with Crippen LogP contribution in [0.2, 0.25) is 0 Å². The highest BCUT2D eigenvalue weighted by atomic mass is 19.1. The Bertz CT molecular complexity index is 635. The average Bonchev–Trinajstić information content (AvgIpc) is 2.70. The molecule has 1 aromatic heterocycles. The number of nitrogens with zero attached hydrogens (tertiary/aromatic N) is 1. The molecule has 1 saturated carbocycles. The largest absolute Gasteiger partial charge is 0.363 e. The van der Waals surface area contributed by atoms with Crippen LogP contribution in [0.25, 0.3) is 6.08 Å². The van der Waals surface area contributed by atoms with E-state index in [1.54, 1.807) is 6.07 Å². The van der Waals surface area contributed by atoms with Gasteiger partial charge in [0.05, 0.1) is 5.54 Å². The van der Waals surface area contributed by atoms with E-state index in [-0.39, 0.29) is 5.54 Å². The van der Waals surface area contributed by atoms with Crippen molar-refractivity contribution in [1.29, 1.82) is 0 Å². The first-order chi connectivity index (χ1) is 12.6. The van der Waals surface area contributed by atoms with Crippen molar-refractivity contribution >= 4 is 17.8 Å². The fourth-order valence-corrected chi connectivity index (χ4v) is 4.23. The molecule has 0 unspecified atom stereocenters. The first-order valence-electron chi connectivity index (χ1n) is 9.39. The highest BCUT2D eigenvalue weighted by Crippen LogP contribution is 2.38. The van der Waals surface area contributed by atoms with Crippen LogP contribution in [0.15, 0.2) is 24.2 Å². The molecular formula is C19H27FN4O2. The van der Waals surface area contributed by atoms with Gasteiger partial charge >= 0.3 is 5.91 Å². The maximum Gasteiger partial charge on any atom is 0.303 e. The summed E-state index contributed by atoms with van der Waals surface area (Å²) in [5.74, 6) is -0.832. The van der Waals surface area contributed by atoms with E-state index in [2.05, 4.69) is 15.6 Å². The zero-order chi connectivity index (χ0) is 18.4. The Labute approximate surface area is 153 Å². The minimum absolute atomic E-state index is 0.0189. The molecule has 142 valence electrons. The Morgan fingerprint density at radius 1 is 1.31 bits per heavy atom. The van der Waals surface area contributed by atoms with E-state index in [9.17, 15) is 9.18 Å². The van der Waals surface area contributed by atoms with E-state index in [1.807, 2.05) is 6.07 Å². The molecule has 4 N–H and O–H groups in total. The van der Waals surface area contributed by atoms with Gasteiger partial charge in [-0.2, -0.15) is 0 Å². The van der Waals surface area contributed by atoms with E-state index in [0.29, 0.717) is 11.5 Å². The van der Waals surface area contributed by atoms with Gasteiger partial charge < -0.3 is 10.6 Å². The second kappa shape index (κ2) is 8.60. The molecule has 2 heterocycles. The summed E-state index contributed by atoms with van der Waals surface area (Å²) in [4.78, 5) is 15.4. The second-order valence-electron chi connectivity index (χ2n) is 7.31. The summed E-state index contributed by atoms with van der Waals surface area (Å²) < 4.78 is 13.5. The summed E-state index contributed by atoms with van der Waals surface area (Å²) in [6.45, 7) is 1.99. The van der Waals surface area contributed by atoms with Gasteiger partial charge in [-0.1, -0.05) is 19.3 Å². The monoisotopic (exact) mass is 362 g/mol. The van der Waals surface area contributed by atoms with Gasteiger partial charge in [-0.15, -0.1) is 0 Å². The van der Waals surface area contributed by atoms with Gasteiger partial charge in [-0.05, 0) is 61.9 Å². The summed E-state index contributed by atoms with van der Waals surface area (Å²) in [6, 6.07) is 3.53. The Morgan fingerprint density at radius 2 is 2.12 bits per heavy atom. The molecule has 1 aliphatic heterocycles. The van der Waals surface area contributed by atoms with Crippen molar-refractivity contribution in [3.63, 3.8) is 0 Å². The van der Waals surface area contributed by atoms with E-state index >= 15 is 0 Å². The minimum atomic E-state index is -1.17. The van der Waals surface area contributed by atoms with Crippen molar-refractivity contribution in [3.8, 4) is 0 Å². The van der Waals surface area contributed by atoms with Gasteiger partial charge in [0.2, 0.25) is 0 Å². The van der Waals surface area contributed by atoms with Crippen molar-refractivity contribution in [3.05, 3.63) is 29.7 Å². The number of hydroxylamine groups is 1. The van der Waals surface area contributed by atoms with Crippen molar-refractivity contribution in [2.24, 2.45) is 5.92 Å². The number of halogens is 1. The van der Waals surface area contributed by atoms with Crippen LogP contribution in [-0.2, 0) is 4.79 Å². The quantitative estimate of drug-likeness (QED) is 0.367. The fraction of sp³-hybridized carbons (Fsp3) is 0.579. The lowest BCUT2D eigenvalue weighted by Crippen LogP contribution is -2.56. The van der Waals surface area contributed by atoms with E-state index in [4.69, 9.17) is 5.21 Å². The molecular weight excluding hydrogens is 335 g/mol. The maximum atomic E-state index is 13.5. The topological polar surface area (TPSA) is 86.3 Å². The molecule has 0 aromatic carbocycles. The number of pyridine rings is 1. The molecule has 1 aromatic rings. The number of aromatic nitrogens is 1. The molecule has 0 radical (unpaired) electrons. The van der Waals surface area contributed by atoms with Crippen LogP contribution in [0.5, 0.6) is 0 Å². The third-order valence-corrected chi connectivity index (χ3v) is 5.58. The minimum Gasteiger partial charge on any atom is -0.363 e. The molecule has 1 amide bonds. The average molecular weight is 362 g/mol. The van der Waals surface area contributed by atoms with Crippen molar-refractivity contribution < 1.29 is 14.4 Å². The third kappa shape index (κ3) is 4.40. The Morgan fingerprint density at radius 3 is 2.73 bits per heavy atom. The molecule has 2 aliphatic rings. The lowest BCUT2D eigenvalue weighted by atomic mass is 9.71. The van der Waals surface area contributed by atoms with Crippen molar-refractivity contribution in [2.45, 2.75) is 50.5 Å². The number of carbonyl (C=O) groups excluding carboxylic acids is 1. The first kappa shape index (κ1) is 18.8. The summed E-state index contributed by atoms with van der Waals surface area (Å²) in [7, 11) is 0. The Hall–Kier alpha value is -1.99. The van der Waals surface area contributed by atoms with E-state index in [1.165, 1.54) is 43.8 Å². The number of anilines is 1. The molecule has 1 saturated heterocycles. The molecule has 2 fully saturated rings. The normalized spacial score (nSPS) is 24.9. The maximum absolute atomic E-state index is 13.5. The zero-order valence-electron chi connectivity index (χ0n) is 14.9. The van der Waals surface area contributed by atoms with Gasteiger partial charge in [0.25, 0.3) is 0 Å². The fourth-order valence-electron chi connectivity index (χ4n) is 4.23. The van der Waals surface area contributed by atoms with Crippen LogP contribution in [0.1, 0.15) is 50.5 Å². The zero-order valence-corrected chi connectivity index (χ0v) is 14.9. The van der Waals surface area contributed by atoms with Gasteiger partial charge in [0.1, 0.15) is 5.82 Å². The number of piperidine rings is 1. The summed E-state index contributed by atoms with van der Waals surface area (Å²) in [5.41, 5.74) is 1.75.